The van der Waals surface area contributed by atoms with Gasteiger partial charge < -0.3 is 4.90 Å². The van der Waals surface area contributed by atoms with Crippen molar-refractivity contribution in [3.05, 3.63) is 48.0 Å². The van der Waals surface area contributed by atoms with Crippen LogP contribution in [0.2, 0.25) is 0 Å². The van der Waals surface area contributed by atoms with Crippen LogP contribution in [0.25, 0.3) is 5.65 Å². The minimum atomic E-state index is -4.59. The van der Waals surface area contributed by atoms with Crippen LogP contribution in [0, 0.1) is 0 Å². The number of halogens is 3. The van der Waals surface area contributed by atoms with Crippen LogP contribution in [0.5, 0.6) is 0 Å². The Kier molecular flexibility index (Phi) is 4.65. The highest BCUT2D eigenvalue weighted by molar-refractivity contribution is 5.46. The molecule has 0 unspecified atom stereocenters. The van der Waals surface area contributed by atoms with Crippen LogP contribution in [0.1, 0.15) is 17.9 Å². The summed E-state index contributed by atoms with van der Waals surface area (Å²) in [5.74, 6) is -0.613. The zero-order valence-electron chi connectivity index (χ0n) is 14.5. The Hall–Kier alpha value is -2.75. The third kappa shape index (κ3) is 3.85. The molecule has 0 aliphatic carbocycles. The third-order valence-electron chi connectivity index (χ3n) is 4.53. The first-order valence-corrected chi connectivity index (χ1v) is 8.67. The average Bonchev–Trinajstić information content (AvgIpc) is 2.95. The van der Waals surface area contributed by atoms with Crippen molar-refractivity contribution in [3.63, 3.8) is 0 Å². The van der Waals surface area contributed by atoms with Crippen molar-refractivity contribution >= 4 is 11.5 Å². The van der Waals surface area contributed by atoms with E-state index in [2.05, 4.69) is 25.2 Å². The molecule has 0 radical (unpaired) electrons. The smallest absolute Gasteiger partial charge is 0.354 e. The first-order valence-electron chi connectivity index (χ1n) is 8.67. The summed E-state index contributed by atoms with van der Waals surface area (Å²) in [5, 5.41) is 10.9. The van der Waals surface area contributed by atoms with Crippen molar-refractivity contribution in [1.29, 1.82) is 0 Å². The van der Waals surface area contributed by atoms with Gasteiger partial charge in [0.05, 0.1) is 5.69 Å². The lowest BCUT2D eigenvalue weighted by Crippen LogP contribution is -2.31. The fraction of sp³-hybridized carbons (Fsp3) is 0.412. The Bertz CT molecular complexity index is 910. The van der Waals surface area contributed by atoms with Gasteiger partial charge in [0.25, 0.3) is 5.82 Å². The molecule has 3 aromatic heterocycles. The minimum Gasteiger partial charge on any atom is -0.354 e. The summed E-state index contributed by atoms with van der Waals surface area (Å²) < 4.78 is 39.9. The van der Waals surface area contributed by atoms with Crippen molar-refractivity contribution in [1.82, 2.24) is 29.7 Å². The fourth-order valence-electron chi connectivity index (χ4n) is 3.20. The first kappa shape index (κ1) is 17.7. The lowest BCUT2D eigenvalue weighted by atomic mass is 10.3. The van der Waals surface area contributed by atoms with Gasteiger partial charge in [0.1, 0.15) is 5.82 Å². The van der Waals surface area contributed by atoms with Crippen molar-refractivity contribution in [2.45, 2.75) is 19.1 Å². The second kappa shape index (κ2) is 7.10. The molecule has 27 heavy (non-hydrogen) atoms. The normalized spacial score (nSPS) is 16.6. The second-order valence-corrected chi connectivity index (χ2v) is 6.42. The number of hydrogen-bond donors (Lipinski definition) is 0. The summed E-state index contributed by atoms with van der Waals surface area (Å²) in [5.41, 5.74) is 1.09. The lowest BCUT2D eigenvalue weighted by Gasteiger charge is -2.22. The number of nitrogens with zero attached hydrogens (tertiary/aromatic N) is 7. The van der Waals surface area contributed by atoms with Crippen molar-refractivity contribution in [2.24, 2.45) is 0 Å². The van der Waals surface area contributed by atoms with Crippen LogP contribution in [0.3, 0.4) is 0 Å². The predicted octanol–water partition coefficient (Wildman–Crippen LogP) is 2.25. The van der Waals surface area contributed by atoms with Crippen LogP contribution >= 0.6 is 0 Å². The molecule has 1 saturated heterocycles. The number of pyridine rings is 1. The highest BCUT2D eigenvalue weighted by Crippen LogP contribution is 2.28. The highest BCUT2D eigenvalue weighted by atomic mass is 19.4. The van der Waals surface area contributed by atoms with Gasteiger partial charge in [-0.05, 0) is 30.7 Å². The molecule has 0 bridgehead atoms. The molecule has 7 nitrogen and oxygen atoms in total. The molecule has 0 spiro atoms. The molecule has 1 aliphatic heterocycles. The van der Waals surface area contributed by atoms with E-state index < -0.39 is 12.0 Å². The highest BCUT2D eigenvalue weighted by Gasteiger charge is 2.37. The Morgan fingerprint density at radius 2 is 1.85 bits per heavy atom. The monoisotopic (exact) mass is 377 g/mol. The van der Waals surface area contributed by atoms with Crippen LogP contribution in [-0.2, 0) is 12.7 Å². The molecule has 10 heteroatoms. The molecule has 4 heterocycles. The fourth-order valence-corrected chi connectivity index (χ4v) is 3.20. The van der Waals surface area contributed by atoms with E-state index in [1.54, 1.807) is 12.3 Å². The number of rotatable bonds is 3. The van der Waals surface area contributed by atoms with E-state index in [4.69, 9.17) is 0 Å². The summed E-state index contributed by atoms with van der Waals surface area (Å²) in [6.07, 6.45) is -1.93. The number of anilines is 1. The molecule has 0 saturated carbocycles. The van der Waals surface area contributed by atoms with Gasteiger partial charge in [-0.15, -0.1) is 15.3 Å². The van der Waals surface area contributed by atoms with Crippen molar-refractivity contribution in [3.8, 4) is 0 Å². The summed E-state index contributed by atoms with van der Waals surface area (Å²) in [4.78, 5) is 8.64. The van der Waals surface area contributed by atoms with E-state index >= 15 is 0 Å². The Labute approximate surface area is 153 Å². The second-order valence-electron chi connectivity index (χ2n) is 6.42. The van der Waals surface area contributed by atoms with Crippen molar-refractivity contribution < 1.29 is 13.2 Å². The van der Waals surface area contributed by atoms with E-state index in [0.717, 1.165) is 42.8 Å². The number of aromatic nitrogens is 5. The van der Waals surface area contributed by atoms with E-state index in [-0.39, 0.29) is 5.65 Å². The van der Waals surface area contributed by atoms with Gasteiger partial charge >= 0.3 is 6.18 Å². The number of alkyl halides is 3. The topological polar surface area (TPSA) is 62.5 Å². The standard InChI is InChI=1S/C17H18F3N7/c18-17(19,20)16-23-22-14-5-6-15(24-27(14)16)26-9-3-8-25(10-11-26)12-13-4-1-2-7-21-13/h1-2,4-7H,3,8-12H2. The predicted molar refractivity (Wildman–Crippen MR) is 92.1 cm³/mol. The van der Waals surface area contributed by atoms with Gasteiger partial charge in [-0.25, -0.2) is 0 Å². The van der Waals surface area contributed by atoms with Gasteiger partial charge in [0.2, 0.25) is 0 Å². The molecule has 0 atom stereocenters. The quantitative estimate of drug-likeness (QED) is 0.698. The number of fused-ring (bicyclic) bond motifs is 1. The Balaban J connectivity index is 1.50. The van der Waals surface area contributed by atoms with Gasteiger partial charge in [-0.1, -0.05) is 6.07 Å². The molecule has 1 aliphatic rings. The molecule has 1 fully saturated rings. The SMILES string of the molecule is FC(F)(F)c1nnc2ccc(N3CCCN(Cc4ccccn4)CC3)nn12. The zero-order valence-corrected chi connectivity index (χ0v) is 14.5. The maximum atomic E-state index is 13.1. The molecular weight excluding hydrogens is 359 g/mol. The lowest BCUT2D eigenvalue weighted by molar-refractivity contribution is -0.146. The van der Waals surface area contributed by atoms with E-state index in [0.29, 0.717) is 12.4 Å². The first-order chi connectivity index (χ1) is 13.0. The molecular formula is C17H18F3N7. The zero-order chi connectivity index (χ0) is 18.9. The van der Waals surface area contributed by atoms with Gasteiger partial charge in [-0.3, -0.25) is 9.88 Å². The molecule has 3 aromatic rings. The Morgan fingerprint density at radius 1 is 0.963 bits per heavy atom. The third-order valence-corrected chi connectivity index (χ3v) is 4.53. The molecule has 0 amide bonds. The van der Waals surface area contributed by atoms with Crippen LogP contribution in [-0.4, -0.2) is 55.9 Å². The van der Waals surface area contributed by atoms with E-state index in [9.17, 15) is 13.2 Å². The molecule has 0 aromatic carbocycles. The summed E-state index contributed by atoms with van der Waals surface area (Å²) in [7, 11) is 0. The van der Waals surface area contributed by atoms with E-state index in [1.165, 1.54) is 6.07 Å². The van der Waals surface area contributed by atoms with Crippen LogP contribution in [0.15, 0.2) is 36.5 Å². The van der Waals surface area contributed by atoms with E-state index in [1.807, 2.05) is 23.1 Å². The maximum Gasteiger partial charge on any atom is 0.453 e. The van der Waals surface area contributed by atoms with Crippen molar-refractivity contribution in [2.75, 3.05) is 31.1 Å². The summed E-state index contributed by atoms with van der Waals surface area (Å²) >= 11 is 0. The average molecular weight is 377 g/mol. The maximum absolute atomic E-state index is 13.1. The summed E-state index contributed by atoms with van der Waals surface area (Å²) in [6.45, 7) is 3.83. The molecule has 142 valence electrons. The molecule has 4 rings (SSSR count). The van der Waals surface area contributed by atoms with Crippen LogP contribution in [0.4, 0.5) is 19.0 Å². The van der Waals surface area contributed by atoms with Gasteiger partial charge in [0, 0.05) is 38.9 Å². The van der Waals surface area contributed by atoms with Gasteiger partial charge in [-0.2, -0.15) is 17.7 Å². The largest absolute Gasteiger partial charge is 0.453 e. The van der Waals surface area contributed by atoms with Gasteiger partial charge in [0.15, 0.2) is 5.65 Å². The summed E-state index contributed by atoms with van der Waals surface area (Å²) in [6, 6.07) is 9.04. The Morgan fingerprint density at radius 3 is 2.63 bits per heavy atom. The minimum absolute atomic E-state index is 0.0812. The number of hydrogen-bond acceptors (Lipinski definition) is 6. The molecule has 0 N–H and O–H groups in total. The van der Waals surface area contributed by atoms with Crippen LogP contribution < -0.4 is 4.90 Å².